The van der Waals surface area contributed by atoms with Crippen molar-refractivity contribution in [1.29, 1.82) is 0 Å². The maximum absolute atomic E-state index is 12.5. The number of carbonyl (C=O) groups excluding carboxylic acids is 2. The number of nitrogens with one attached hydrogen (secondary N) is 2. The molecular formula is C17H25N3O2. The molecule has 1 aromatic carbocycles. The van der Waals surface area contributed by atoms with Gasteiger partial charge < -0.3 is 15.5 Å². The summed E-state index contributed by atoms with van der Waals surface area (Å²) >= 11 is 0. The molecule has 1 aliphatic heterocycles. The molecule has 2 atom stereocenters. The van der Waals surface area contributed by atoms with Crippen LogP contribution < -0.4 is 15.5 Å². The van der Waals surface area contributed by atoms with E-state index in [-0.39, 0.29) is 18.0 Å². The molecule has 1 aromatic rings. The van der Waals surface area contributed by atoms with E-state index in [1.54, 1.807) is 4.90 Å². The molecular weight excluding hydrogens is 278 g/mol. The molecule has 0 aliphatic carbocycles. The van der Waals surface area contributed by atoms with Crippen molar-refractivity contribution in [1.82, 2.24) is 10.6 Å². The highest BCUT2D eigenvalue weighted by Gasteiger charge is 2.33. The van der Waals surface area contributed by atoms with Crippen molar-refractivity contribution in [3.63, 3.8) is 0 Å². The lowest BCUT2D eigenvalue weighted by Crippen LogP contribution is -2.48. The Bertz CT molecular complexity index is 571. The maximum Gasteiger partial charge on any atom is 0.315 e. The number of benzene rings is 1. The monoisotopic (exact) mass is 303 g/mol. The van der Waals surface area contributed by atoms with E-state index in [9.17, 15) is 9.59 Å². The quantitative estimate of drug-likeness (QED) is 0.898. The van der Waals surface area contributed by atoms with Crippen molar-refractivity contribution in [2.45, 2.75) is 52.6 Å². The molecule has 5 heteroatoms. The summed E-state index contributed by atoms with van der Waals surface area (Å²) in [6.07, 6.45) is 1.50. The Hall–Kier alpha value is -2.04. The molecule has 0 radical (unpaired) electrons. The number of aryl methyl sites for hydroxylation is 2. The summed E-state index contributed by atoms with van der Waals surface area (Å²) in [7, 11) is 0. The number of amides is 3. The van der Waals surface area contributed by atoms with Gasteiger partial charge in [0.2, 0.25) is 5.91 Å². The van der Waals surface area contributed by atoms with Crippen LogP contribution >= 0.6 is 0 Å². The summed E-state index contributed by atoms with van der Waals surface area (Å²) in [5.74, 6) is -0.0393. The van der Waals surface area contributed by atoms with Crippen LogP contribution in [0.3, 0.4) is 0 Å². The molecule has 0 unspecified atom stereocenters. The smallest absolute Gasteiger partial charge is 0.315 e. The van der Waals surface area contributed by atoms with Gasteiger partial charge in [0, 0.05) is 18.3 Å². The van der Waals surface area contributed by atoms with E-state index in [2.05, 4.69) is 17.6 Å². The average Bonchev–Trinajstić information content (AvgIpc) is 2.83. The van der Waals surface area contributed by atoms with E-state index in [0.29, 0.717) is 13.0 Å². The Labute approximate surface area is 132 Å². The first-order valence-electron chi connectivity index (χ1n) is 7.88. The van der Waals surface area contributed by atoms with Crippen LogP contribution in [0.1, 0.15) is 37.8 Å². The van der Waals surface area contributed by atoms with Gasteiger partial charge in [0.1, 0.15) is 6.04 Å². The number of hydrogen-bond donors (Lipinski definition) is 2. The van der Waals surface area contributed by atoms with E-state index < -0.39 is 6.04 Å². The number of rotatable bonds is 4. The standard InChI is InChI=1S/C17H25N3O2/c1-5-13(4)18-17(22)19-15-8-9-20(16(15)21)14-7-6-11(2)12(3)10-14/h6-7,10,13,15H,5,8-9H2,1-4H3,(H2,18,19,22)/t13-,15+/m1/s1. The lowest BCUT2D eigenvalue weighted by molar-refractivity contribution is -0.118. The summed E-state index contributed by atoms with van der Waals surface area (Å²) in [5, 5.41) is 5.61. The second-order valence-corrected chi connectivity index (χ2v) is 6.03. The zero-order chi connectivity index (χ0) is 16.3. The second kappa shape index (κ2) is 6.81. The third kappa shape index (κ3) is 3.59. The predicted octanol–water partition coefficient (Wildman–Crippen LogP) is 2.51. The third-order valence-electron chi connectivity index (χ3n) is 4.30. The van der Waals surface area contributed by atoms with Crippen molar-refractivity contribution in [3.05, 3.63) is 29.3 Å². The third-order valence-corrected chi connectivity index (χ3v) is 4.30. The van der Waals surface area contributed by atoms with Crippen LogP contribution in [0.2, 0.25) is 0 Å². The largest absolute Gasteiger partial charge is 0.336 e. The molecule has 0 saturated carbocycles. The predicted molar refractivity (Wildman–Crippen MR) is 88.1 cm³/mol. The minimum absolute atomic E-state index is 0.0393. The Balaban J connectivity index is 2.00. The van der Waals surface area contributed by atoms with Crippen LogP contribution in [-0.4, -0.2) is 30.6 Å². The van der Waals surface area contributed by atoms with Gasteiger partial charge in [0.25, 0.3) is 0 Å². The molecule has 0 spiro atoms. The fourth-order valence-electron chi connectivity index (χ4n) is 2.49. The van der Waals surface area contributed by atoms with Crippen LogP contribution in [-0.2, 0) is 4.79 Å². The Morgan fingerprint density at radius 1 is 1.36 bits per heavy atom. The molecule has 0 bridgehead atoms. The van der Waals surface area contributed by atoms with E-state index in [1.807, 2.05) is 39.0 Å². The SMILES string of the molecule is CC[C@@H](C)NC(=O)N[C@H]1CCN(c2ccc(C)c(C)c2)C1=O. The highest BCUT2D eigenvalue weighted by molar-refractivity contribution is 6.01. The van der Waals surface area contributed by atoms with E-state index in [4.69, 9.17) is 0 Å². The summed E-state index contributed by atoms with van der Waals surface area (Å²) in [4.78, 5) is 26.1. The molecule has 2 N–H and O–H groups in total. The fraction of sp³-hybridized carbons (Fsp3) is 0.529. The molecule has 1 heterocycles. The first kappa shape index (κ1) is 16.3. The number of urea groups is 1. The van der Waals surface area contributed by atoms with Gasteiger partial charge in [0.15, 0.2) is 0 Å². The first-order valence-corrected chi connectivity index (χ1v) is 7.88. The van der Waals surface area contributed by atoms with Gasteiger partial charge in [0.05, 0.1) is 0 Å². The van der Waals surface area contributed by atoms with Gasteiger partial charge in [-0.3, -0.25) is 4.79 Å². The number of anilines is 1. The molecule has 120 valence electrons. The lowest BCUT2D eigenvalue weighted by atomic mass is 10.1. The minimum Gasteiger partial charge on any atom is -0.336 e. The van der Waals surface area contributed by atoms with E-state index in [1.165, 1.54) is 5.56 Å². The van der Waals surface area contributed by atoms with Crippen LogP contribution in [0.15, 0.2) is 18.2 Å². The Kier molecular flexibility index (Phi) is 5.06. The summed E-state index contributed by atoms with van der Waals surface area (Å²) in [6.45, 7) is 8.67. The van der Waals surface area contributed by atoms with Gasteiger partial charge in [-0.25, -0.2) is 4.79 Å². The van der Waals surface area contributed by atoms with Gasteiger partial charge in [-0.15, -0.1) is 0 Å². The van der Waals surface area contributed by atoms with Gasteiger partial charge >= 0.3 is 6.03 Å². The summed E-state index contributed by atoms with van der Waals surface area (Å²) in [5.41, 5.74) is 3.27. The van der Waals surface area contributed by atoms with Crippen molar-refractivity contribution in [3.8, 4) is 0 Å². The summed E-state index contributed by atoms with van der Waals surface area (Å²) in [6, 6.07) is 5.40. The molecule has 1 fully saturated rings. The molecule has 5 nitrogen and oxygen atoms in total. The van der Waals surface area contributed by atoms with Crippen molar-refractivity contribution >= 4 is 17.6 Å². The number of hydrogen-bond acceptors (Lipinski definition) is 2. The fourth-order valence-corrected chi connectivity index (χ4v) is 2.49. The highest BCUT2D eigenvalue weighted by atomic mass is 16.2. The van der Waals surface area contributed by atoms with Gasteiger partial charge in [-0.1, -0.05) is 13.0 Å². The maximum atomic E-state index is 12.5. The van der Waals surface area contributed by atoms with Gasteiger partial charge in [-0.2, -0.15) is 0 Å². The number of carbonyl (C=O) groups is 2. The highest BCUT2D eigenvalue weighted by Crippen LogP contribution is 2.24. The zero-order valence-corrected chi connectivity index (χ0v) is 13.8. The average molecular weight is 303 g/mol. The molecule has 0 aromatic heterocycles. The van der Waals surface area contributed by atoms with Crippen LogP contribution in [0.5, 0.6) is 0 Å². The topological polar surface area (TPSA) is 61.4 Å². The van der Waals surface area contributed by atoms with Crippen molar-refractivity contribution in [2.75, 3.05) is 11.4 Å². The van der Waals surface area contributed by atoms with Crippen LogP contribution in [0.25, 0.3) is 0 Å². The van der Waals surface area contributed by atoms with Gasteiger partial charge in [-0.05, 0) is 56.9 Å². The number of nitrogens with zero attached hydrogens (tertiary/aromatic N) is 1. The molecule has 1 saturated heterocycles. The minimum atomic E-state index is -0.439. The van der Waals surface area contributed by atoms with E-state index in [0.717, 1.165) is 17.7 Å². The zero-order valence-electron chi connectivity index (χ0n) is 13.8. The molecule has 22 heavy (non-hydrogen) atoms. The van der Waals surface area contributed by atoms with Crippen molar-refractivity contribution in [2.24, 2.45) is 0 Å². The molecule has 1 aliphatic rings. The lowest BCUT2D eigenvalue weighted by Gasteiger charge is -2.19. The normalized spacial score (nSPS) is 19.2. The van der Waals surface area contributed by atoms with E-state index >= 15 is 0 Å². The Morgan fingerprint density at radius 2 is 2.09 bits per heavy atom. The summed E-state index contributed by atoms with van der Waals surface area (Å²) < 4.78 is 0. The van der Waals surface area contributed by atoms with Crippen LogP contribution in [0.4, 0.5) is 10.5 Å². The molecule has 2 rings (SSSR count). The van der Waals surface area contributed by atoms with Crippen molar-refractivity contribution < 1.29 is 9.59 Å². The van der Waals surface area contributed by atoms with Crippen LogP contribution in [0, 0.1) is 13.8 Å². The second-order valence-electron chi connectivity index (χ2n) is 6.03. The first-order chi connectivity index (χ1) is 10.4. The molecule has 3 amide bonds. The Morgan fingerprint density at radius 3 is 2.73 bits per heavy atom.